The summed E-state index contributed by atoms with van der Waals surface area (Å²) < 4.78 is 1.06. The van der Waals surface area contributed by atoms with Crippen LogP contribution in [0.4, 0.5) is 0 Å². The highest BCUT2D eigenvalue weighted by Gasteiger charge is 2.31. The maximum Gasteiger partial charge on any atom is 0.140 e. The van der Waals surface area contributed by atoms with E-state index in [9.17, 15) is 4.79 Å². The van der Waals surface area contributed by atoms with Crippen molar-refractivity contribution >= 4 is 21.7 Å². The van der Waals surface area contributed by atoms with Gasteiger partial charge in [-0.1, -0.05) is 39.7 Å². The number of ketones is 1. The minimum Gasteiger partial charge on any atom is -0.299 e. The molecule has 0 bridgehead atoms. The third kappa shape index (κ3) is 3.11. The van der Waals surface area contributed by atoms with Gasteiger partial charge in [-0.25, -0.2) is 0 Å². The van der Waals surface area contributed by atoms with E-state index in [2.05, 4.69) is 48.0 Å². The molecule has 18 heavy (non-hydrogen) atoms. The summed E-state index contributed by atoms with van der Waals surface area (Å²) in [6, 6.07) is 8.20. The molecule has 0 spiro atoms. The standard InChI is InChI=1S/C16H19BrO/c1-11(2)10-13-4-3-5-15(18)16(13)12-6-8-14(17)9-7-12/h6-10,13,16H,3-5H2,1-2H3/t13-,16-/m1/s1. The fraction of sp³-hybridized carbons (Fsp3) is 0.438. The van der Waals surface area contributed by atoms with Crippen LogP contribution in [0.1, 0.15) is 44.6 Å². The van der Waals surface area contributed by atoms with E-state index < -0.39 is 0 Å². The largest absolute Gasteiger partial charge is 0.299 e. The molecular formula is C16H19BrO. The number of carbonyl (C=O) groups excluding carboxylic acids is 1. The molecule has 2 heteroatoms. The molecule has 0 unspecified atom stereocenters. The second-order valence-electron chi connectivity index (χ2n) is 5.30. The van der Waals surface area contributed by atoms with E-state index in [0.29, 0.717) is 11.7 Å². The number of benzene rings is 1. The lowest BCUT2D eigenvalue weighted by Gasteiger charge is -2.29. The molecule has 0 aliphatic heterocycles. The first-order chi connectivity index (χ1) is 8.58. The highest BCUT2D eigenvalue weighted by atomic mass is 79.9. The van der Waals surface area contributed by atoms with E-state index in [-0.39, 0.29) is 5.92 Å². The lowest BCUT2D eigenvalue weighted by Crippen LogP contribution is -2.25. The molecule has 0 radical (unpaired) electrons. The Balaban J connectivity index is 2.32. The van der Waals surface area contributed by atoms with Crippen molar-refractivity contribution in [2.45, 2.75) is 39.0 Å². The van der Waals surface area contributed by atoms with Gasteiger partial charge in [0.1, 0.15) is 5.78 Å². The van der Waals surface area contributed by atoms with Crippen molar-refractivity contribution in [3.05, 3.63) is 46.0 Å². The van der Waals surface area contributed by atoms with Gasteiger partial charge in [-0.2, -0.15) is 0 Å². The minimum absolute atomic E-state index is 0.0572. The van der Waals surface area contributed by atoms with Gasteiger partial charge in [-0.15, -0.1) is 0 Å². The Labute approximate surface area is 117 Å². The normalized spacial score (nSPS) is 23.8. The van der Waals surface area contributed by atoms with Crippen LogP contribution in [0, 0.1) is 5.92 Å². The summed E-state index contributed by atoms with van der Waals surface area (Å²) in [5, 5.41) is 0. The molecule has 0 heterocycles. The van der Waals surface area contributed by atoms with Crippen LogP contribution >= 0.6 is 15.9 Å². The molecule has 1 aromatic rings. The third-order valence-corrected chi connectivity index (χ3v) is 4.04. The highest BCUT2D eigenvalue weighted by Crippen LogP contribution is 2.37. The van der Waals surface area contributed by atoms with Crippen molar-refractivity contribution in [2.24, 2.45) is 5.92 Å². The summed E-state index contributed by atoms with van der Waals surface area (Å²) in [5.74, 6) is 0.824. The molecule has 0 aromatic heterocycles. The van der Waals surface area contributed by atoms with Crippen LogP contribution < -0.4 is 0 Å². The Morgan fingerprint density at radius 2 is 1.94 bits per heavy atom. The number of allylic oxidation sites excluding steroid dienone is 2. The van der Waals surface area contributed by atoms with Gasteiger partial charge in [0.2, 0.25) is 0 Å². The zero-order chi connectivity index (χ0) is 13.1. The average Bonchev–Trinajstić information content (AvgIpc) is 2.30. The first kappa shape index (κ1) is 13.5. The van der Waals surface area contributed by atoms with Crippen LogP contribution in [0.25, 0.3) is 0 Å². The quantitative estimate of drug-likeness (QED) is 0.713. The Morgan fingerprint density at radius 1 is 1.28 bits per heavy atom. The van der Waals surface area contributed by atoms with Crippen LogP contribution in [0.3, 0.4) is 0 Å². The van der Waals surface area contributed by atoms with Crippen LogP contribution in [-0.4, -0.2) is 5.78 Å². The monoisotopic (exact) mass is 306 g/mol. The molecule has 0 N–H and O–H groups in total. The van der Waals surface area contributed by atoms with Crippen LogP contribution in [-0.2, 0) is 4.79 Å². The molecule has 1 aliphatic carbocycles. The second kappa shape index (κ2) is 5.83. The Kier molecular flexibility index (Phi) is 4.39. The van der Waals surface area contributed by atoms with Crippen LogP contribution in [0.5, 0.6) is 0 Å². The second-order valence-corrected chi connectivity index (χ2v) is 6.21. The molecule has 2 rings (SSSR count). The number of halogens is 1. The summed E-state index contributed by atoms with van der Waals surface area (Å²) in [7, 11) is 0. The molecule has 1 aliphatic rings. The molecule has 1 nitrogen and oxygen atoms in total. The maximum absolute atomic E-state index is 12.2. The van der Waals surface area contributed by atoms with Crippen molar-refractivity contribution < 1.29 is 4.79 Å². The zero-order valence-electron chi connectivity index (χ0n) is 10.9. The van der Waals surface area contributed by atoms with E-state index in [1.54, 1.807) is 0 Å². The molecule has 1 saturated carbocycles. The van der Waals surface area contributed by atoms with Crippen LogP contribution in [0.2, 0.25) is 0 Å². The average molecular weight is 307 g/mol. The van der Waals surface area contributed by atoms with E-state index in [1.807, 2.05) is 12.1 Å². The number of hydrogen-bond acceptors (Lipinski definition) is 1. The van der Waals surface area contributed by atoms with E-state index in [1.165, 1.54) is 5.57 Å². The lowest BCUT2D eigenvalue weighted by molar-refractivity contribution is -0.122. The summed E-state index contributed by atoms with van der Waals surface area (Å²) in [4.78, 5) is 12.2. The Bertz CT molecular complexity index is 454. The fourth-order valence-electron chi connectivity index (χ4n) is 2.78. The highest BCUT2D eigenvalue weighted by molar-refractivity contribution is 9.10. The smallest absolute Gasteiger partial charge is 0.140 e. The Morgan fingerprint density at radius 3 is 2.56 bits per heavy atom. The summed E-state index contributed by atoms with van der Waals surface area (Å²) >= 11 is 3.44. The van der Waals surface area contributed by atoms with Gasteiger partial charge in [0.15, 0.2) is 0 Å². The van der Waals surface area contributed by atoms with Crippen LogP contribution in [0.15, 0.2) is 40.4 Å². The number of hydrogen-bond donors (Lipinski definition) is 0. The van der Waals surface area contributed by atoms with Crippen molar-refractivity contribution in [1.82, 2.24) is 0 Å². The Hall–Kier alpha value is -0.890. The first-order valence-electron chi connectivity index (χ1n) is 6.51. The van der Waals surface area contributed by atoms with Crippen molar-refractivity contribution in [3.63, 3.8) is 0 Å². The topological polar surface area (TPSA) is 17.1 Å². The fourth-order valence-corrected chi connectivity index (χ4v) is 3.05. The van der Waals surface area contributed by atoms with Crippen molar-refractivity contribution in [3.8, 4) is 0 Å². The first-order valence-corrected chi connectivity index (χ1v) is 7.30. The van der Waals surface area contributed by atoms with Gasteiger partial charge in [-0.3, -0.25) is 4.79 Å². The summed E-state index contributed by atoms with van der Waals surface area (Å²) in [6.45, 7) is 4.22. The predicted octanol–water partition coefficient (Wildman–Crippen LogP) is 4.87. The third-order valence-electron chi connectivity index (χ3n) is 3.51. The van der Waals surface area contributed by atoms with Gasteiger partial charge in [-0.05, 0) is 50.3 Å². The van der Waals surface area contributed by atoms with Gasteiger partial charge in [0, 0.05) is 16.8 Å². The maximum atomic E-state index is 12.2. The molecule has 1 fully saturated rings. The molecule has 0 saturated heterocycles. The number of Topliss-reactive ketones (excluding diaryl/α,β-unsaturated/α-hetero) is 1. The van der Waals surface area contributed by atoms with Gasteiger partial charge >= 0.3 is 0 Å². The number of carbonyl (C=O) groups is 1. The number of rotatable bonds is 2. The molecule has 96 valence electrons. The summed E-state index contributed by atoms with van der Waals surface area (Å²) in [5.41, 5.74) is 2.46. The molecule has 2 atom stereocenters. The molecule has 1 aromatic carbocycles. The van der Waals surface area contributed by atoms with Gasteiger partial charge < -0.3 is 0 Å². The van der Waals surface area contributed by atoms with Gasteiger partial charge in [0.25, 0.3) is 0 Å². The minimum atomic E-state index is 0.0572. The van der Waals surface area contributed by atoms with E-state index >= 15 is 0 Å². The predicted molar refractivity (Wildman–Crippen MR) is 78.7 cm³/mol. The van der Waals surface area contributed by atoms with Crippen molar-refractivity contribution in [2.75, 3.05) is 0 Å². The molecular weight excluding hydrogens is 288 g/mol. The summed E-state index contributed by atoms with van der Waals surface area (Å²) in [6.07, 6.45) is 5.15. The SMILES string of the molecule is CC(C)=C[C@H]1CCCC(=O)[C@@H]1c1ccc(Br)cc1. The lowest BCUT2D eigenvalue weighted by atomic mass is 9.74. The van der Waals surface area contributed by atoms with E-state index in [0.717, 1.165) is 29.3 Å². The zero-order valence-corrected chi connectivity index (χ0v) is 12.5. The molecule has 0 amide bonds. The van der Waals surface area contributed by atoms with Gasteiger partial charge in [0.05, 0.1) is 0 Å². The van der Waals surface area contributed by atoms with E-state index in [4.69, 9.17) is 0 Å². The van der Waals surface area contributed by atoms with Crippen molar-refractivity contribution in [1.29, 1.82) is 0 Å².